The second-order valence-corrected chi connectivity index (χ2v) is 10.1. The Morgan fingerprint density at radius 1 is 1.28 bits per heavy atom. The van der Waals surface area contributed by atoms with Crippen LogP contribution in [0.3, 0.4) is 0 Å². The largest absolute Gasteiger partial charge is 0.339 e. The van der Waals surface area contributed by atoms with Crippen molar-refractivity contribution in [3.8, 4) is 0 Å². The molecule has 11 heteroatoms. The van der Waals surface area contributed by atoms with Crippen LogP contribution < -0.4 is 0 Å². The van der Waals surface area contributed by atoms with Gasteiger partial charge in [0.1, 0.15) is 0 Å². The fraction of sp³-hybridized carbons (Fsp3) is 0.667. The van der Waals surface area contributed by atoms with E-state index in [1.807, 2.05) is 13.8 Å². The van der Waals surface area contributed by atoms with E-state index in [0.29, 0.717) is 49.2 Å². The van der Waals surface area contributed by atoms with Gasteiger partial charge in [-0.05, 0) is 27.7 Å². The lowest BCUT2D eigenvalue weighted by Crippen LogP contribution is -2.41. The van der Waals surface area contributed by atoms with Gasteiger partial charge >= 0.3 is 0 Å². The minimum absolute atomic E-state index is 0.0384. The molecule has 4 heterocycles. The summed E-state index contributed by atoms with van der Waals surface area (Å²) in [6.45, 7) is 9.20. The molecular weight excluding hydrogens is 396 g/mol. The molecule has 0 aliphatic carbocycles. The highest BCUT2D eigenvalue weighted by Crippen LogP contribution is 2.45. The standard InChI is InChI=1S/C18H26N6O4S/c1-5-23-9-15(12(3)20-23)16(25)22-7-14-8-24(29(26,27)6-2)11-18(14,10-22)17-19-13(4)21-28-17/h9,14H,5-8,10-11H2,1-4H3/t14-,18-/m0/s1. The summed E-state index contributed by atoms with van der Waals surface area (Å²) in [6.07, 6.45) is 1.77. The van der Waals surface area contributed by atoms with Gasteiger partial charge in [-0.25, -0.2) is 12.7 Å². The third-order valence-corrected chi connectivity index (χ3v) is 7.87. The molecule has 0 N–H and O–H groups in total. The van der Waals surface area contributed by atoms with E-state index in [4.69, 9.17) is 4.52 Å². The third-order valence-electron chi connectivity index (χ3n) is 6.08. The molecule has 0 bridgehead atoms. The van der Waals surface area contributed by atoms with E-state index in [1.165, 1.54) is 4.31 Å². The van der Waals surface area contributed by atoms with E-state index in [9.17, 15) is 13.2 Å². The lowest BCUT2D eigenvalue weighted by molar-refractivity contribution is 0.0772. The van der Waals surface area contributed by atoms with Crippen LogP contribution in [0.1, 0.15) is 41.6 Å². The number of nitrogens with zero attached hydrogens (tertiary/aromatic N) is 6. The molecular formula is C18H26N6O4S. The second kappa shape index (κ2) is 6.91. The van der Waals surface area contributed by atoms with Gasteiger partial charge in [-0.3, -0.25) is 9.48 Å². The maximum atomic E-state index is 13.2. The highest BCUT2D eigenvalue weighted by molar-refractivity contribution is 7.89. The number of amides is 1. The molecule has 29 heavy (non-hydrogen) atoms. The van der Waals surface area contributed by atoms with E-state index in [-0.39, 0.29) is 24.1 Å². The Bertz CT molecular complexity index is 1040. The van der Waals surface area contributed by atoms with Gasteiger partial charge in [0.25, 0.3) is 5.91 Å². The zero-order valence-electron chi connectivity index (χ0n) is 17.1. The van der Waals surface area contributed by atoms with Crippen molar-refractivity contribution in [1.29, 1.82) is 0 Å². The smallest absolute Gasteiger partial charge is 0.257 e. The molecule has 0 aromatic carbocycles. The molecule has 2 aromatic heterocycles. The number of fused-ring (bicyclic) bond motifs is 1. The number of sulfonamides is 1. The van der Waals surface area contributed by atoms with Crippen molar-refractivity contribution in [2.24, 2.45) is 5.92 Å². The van der Waals surface area contributed by atoms with E-state index in [0.717, 1.165) is 0 Å². The van der Waals surface area contributed by atoms with Crippen molar-refractivity contribution >= 4 is 15.9 Å². The predicted octanol–water partition coefficient (Wildman–Crippen LogP) is 0.578. The average Bonchev–Trinajstić information content (AvgIpc) is 3.42. The van der Waals surface area contributed by atoms with Crippen LogP contribution in [0.25, 0.3) is 0 Å². The summed E-state index contributed by atoms with van der Waals surface area (Å²) in [4.78, 5) is 19.4. The van der Waals surface area contributed by atoms with Crippen LogP contribution in [0.4, 0.5) is 0 Å². The predicted molar refractivity (Wildman–Crippen MR) is 104 cm³/mol. The average molecular weight is 423 g/mol. The number of aromatic nitrogens is 4. The molecule has 10 nitrogen and oxygen atoms in total. The maximum Gasteiger partial charge on any atom is 0.257 e. The lowest BCUT2D eigenvalue weighted by Gasteiger charge is -2.25. The van der Waals surface area contributed by atoms with Crippen molar-refractivity contribution in [2.45, 2.75) is 39.7 Å². The monoisotopic (exact) mass is 422 g/mol. The molecule has 2 aliphatic heterocycles. The number of hydrogen-bond acceptors (Lipinski definition) is 7. The molecule has 2 aliphatic rings. The third kappa shape index (κ3) is 3.16. The Kier molecular flexibility index (Phi) is 4.77. The van der Waals surface area contributed by atoms with Crippen LogP contribution in [0.2, 0.25) is 0 Å². The van der Waals surface area contributed by atoms with Crippen molar-refractivity contribution in [2.75, 3.05) is 31.9 Å². The van der Waals surface area contributed by atoms with Gasteiger partial charge in [0.05, 0.1) is 22.4 Å². The number of carbonyl (C=O) groups is 1. The van der Waals surface area contributed by atoms with E-state index >= 15 is 0 Å². The Hall–Kier alpha value is -2.27. The van der Waals surface area contributed by atoms with Crippen molar-refractivity contribution < 1.29 is 17.7 Å². The quantitative estimate of drug-likeness (QED) is 0.692. The molecule has 2 saturated heterocycles. The van der Waals surface area contributed by atoms with Crippen LogP contribution in [-0.4, -0.2) is 75.4 Å². The molecule has 2 atom stereocenters. The Morgan fingerprint density at radius 2 is 2.03 bits per heavy atom. The molecule has 0 unspecified atom stereocenters. The first-order chi connectivity index (χ1) is 13.7. The lowest BCUT2D eigenvalue weighted by atomic mass is 9.81. The summed E-state index contributed by atoms with van der Waals surface area (Å²) < 4.78 is 33.7. The summed E-state index contributed by atoms with van der Waals surface area (Å²) in [5, 5.41) is 8.28. The molecule has 0 spiro atoms. The highest BCUT2D eigenvalue weighted by Gasteiger charge is 2.59. The van der Waals surface area contributed by atoms with Gasteiger partial charge in [-0.15, -0.1) is 0 Å². The van der Waals surface area contributed by atoms with Gasteiger partial charge in [0, 0.05) is 44.8 Å². The van der Waals surface area contributed by atoms with Gasteiger partial charge in [0.15, 0.2) is 5.82 Å². The summed E-state index contributed by atoms with van der Waals surface area (Å²) in [5.74, 6) is 0.738. The summed E-state index contributed by atoms with van der Waals surface area (Å²) in [5.41, 5.74) is 0.571. The zero-order valence-corrected chi connectivity index (χ0v) is 17.9. The summed E-state index contributed by atoms with van der Waals surface area (Å²) in [6, 6.07) is 0. The first-order valence-electron chi connectivity index (χ1n) is 9.82. The Labute approximate surface area is 169 Å². The van der Waals surface area contributed by atoms with Crippen LogP contribution in [-0.2, 0) is 22.0 Å². The van der Waals surface area contributed by atoms with Crippen molar-refractivity contribution in [3.05, 3.63) is 29.2 Å². The van der Waals surface area contributed by atoms with Crippen molar-refractivity contribution in [3.63, 3.8) is 0 Å². The molecule has 0 saturated carbocycles. The van der Waals surface area contributed by atoms with Crippen LogP contribution in [0, 0.1) is 19.8 Å². The zero-order chi connectivity index (χ0) is 21.0. The molecule has 2 aromatic rings. The topological polar surface area (TPSA) is 114 Å². The molecule has 0 radical (unpaired) electrons. The normalized spacial score (nSPS) is 25.0. The number of rotatable bonds is 5. The summed E-state index contributed by atoms with van der Waals surface area (Å²) in [7, 11) is -3.35. The number of hydrogen-bond donors (Lipinski definition) is 0. The minimum Gasteiger partial charge on any atom is -0.339 e. The van der Waals surface area contributed by atoms with E-state index < -0.39 is 15.4 Å². The fourth-order valence-corrected chi connectivity index (χ4v) is 5.63. The van der Waals surface area contributed by atoms with Crippen molar-refractivity contribution in [1.82, 2.24) is 29.1 Å². The highest BCUT2D eigenvalue weighted by atomic mass is 32.2. The molecule has 4 rings (SSSR count). The molecule has 2 fully saturated rings. The van der Waals surface area contributed by atoms with Gasteiger partial charge < -0.3 is 9.42 Å². The first-order valence-corrected chi connectivity index (χ1v) is 11.4. The van der Waals surface area contributed by atoms with Gasteiger partial charge in [0.2, 0.25) is 15.9 Å². The number of carbonyl (C=O) groups excluding carboxylic acids is 1. The Balaban J connectivity index is 1.67. The van der Waals surface area contributed by atoms with Crippen LogP contribution >= 0.6 is 0 Å². The van der Waals surface area contributed by atoms with E-state index in [1.54, 1.807) is 29.6 Å². The van der Waals surface area contributed by atoms with E-state index in [2.05, 4.69) is 15.2 Å². The number of likely N-dealkylation sites (tertiary alicyclic amines) is 1. The van der Waals surface area contributed by atoms with Crippen LogP contribution in [0.15, 0.2) is 10.7 Å². The maximum absolute atomic E-state index is 13.2. The van der Waals surface area contributed by atoms with Gasteiger partial charge in [-0.1, -0.05) is 5.16 Å². The molecule has 1 amide bonds. The second-order valence-electron chi connectivity index (χ2n) is 7.86. The summed E-state index contributed by atoms with van der Waals surface area (Å²) >= 11 is 0. The minimum atomic E-state index is -3.35. The van der Waals surface area contributed by atoms with Gasteiger partial charge in [-0.2, -0.15) is 10.1 Å². The first kappa shape index (κ1) is 20.0. The number of aryl methyl sites for hydroxylation is 3. The SMILES string of the molecule is CCn1cc(C(=O)N2C[C@H]3CN(S(=O)(=O)CC)C[C@@]3(c3nc(C)no3)C2)c(C)n1. The molecule has 158 valence electrons. The fourth-order valence-electron chi connectivity index (χ4n) is 4.43. The Morgan fingerprint density at radius 3 is 2.62 bits per heavy atom. The van der Waals surface area contributed by atoms with Crippen LogP contribution in [0.5, 0.6) is 0 Å².